The molecule has 0 fully saturated rings. The van der Waals surface area contributed by atoms with Gasteiger partial charge in [0.25, 0.3) is 0 Å². The van der Waals surface area contributed by atoms with Gasteiger partial charge >= 0.3 is 6.09 Å². The van der Waals surface area contributed by atoms with Gasteiger partial charge in [0.1, 0.15) is 25.4 Å². The van der Waals surface area contributed by atoms with Crippen LogP contribution in [0.15, 0.2) is 6.07 Å². The molecule has 1 heterocycles. The highest BCUT2D eigenvalue weighted by Crippen LogP contribution is 2.17. The predicted octanol–water partition coefficient (Wildman–Crippen LogP) is 2.54. The summed E-state index contributed by atoms with van der Waals surface area (Å²) in [5, 5.41) is 29.3. The highest BCUT2D eigenvalue weighted by Gasteiger charge is 2.33. The van der Waals surface area contributed by atoms with Crippen LogP contribution < -0.4 is 26.6 Å². The standard InChI is InChI=1S/C35H62FN7O7/c1-11-26(19-43-25(10)16-24(9)42-43)32(46)40-28(18-38-35(49)50-13-12-36)33(47)39-27(14-20(2)3)29(44)15-23(8)31(45)41-30(22(6)7)34(48)37-17-21(4)5/h16,20-23,26-30,44H,11-15,17-19H2,1-10H3,(H,37,48)(H,38,49)(H,39,47)(H,40,46)(H,41,45). The number of ether oxygens (including phenoxy) is 1. The van der Waals surface area contributed by atoms with Crippen LogP contribution in [0.25, 0.3) is 0 Å². The van der Waals surface area contributed by atoms with Gasteiger partial charge in [0.15, 0.2) is 0 Å². The number of alkyl carbamates (subject to hydrolysis) is 1. The molecule has 15 heteroatoms. The Morgan fingerprint density at radius 2 is 1.52 bits per heavy atom. The number of nitrogens with one attached hydrogen (secondary N) is 5. The highest BCUT2D eigenvalue weighted by molar-refractivity contribution is 5.90. The molecule has 14 nitrogen and oxygen atoms in total. The van der Waals surface area contributed by atoms with Gasteiger partial charge in [0.05, 0.1) is 36.8 Å². The molecule has 0 aliphatic carbocycles. The van der Waals surface area contributed by atoms with Crippen molar-refractivity contribution in [2.75, 3.05) is 26.4 Å². The van der Waals surface area contributed by atoms with Crippen molar-refractivity contribution >= 4 is 29.7 Å². The van der Waals surface area contributed by atoms with Crippen LogP contribution >= 0.6 is 0 Å². The number of aromatic nitrogens is 2. The number of alkyl halides is 1. The minimum Gasteiger partial charge on any atom is -0.447 e. The first-order valence-corrected chi connectivity index (χ1v) is 17.7. The number of aryl methyl sites for hydroxylation is 2. The molecule has 50 heavy (non-hydrogen) atoms. The number of halogens is 1. The normalized spacial score (nSPS) is 15.1. The summed E-state index contributed by atoms with van der Waals surface area (Å²) in [6.45, 7) is 17.7. The SMILES string of the molecule is CCC(Cn1nc(C)cc1C)C(=O)NC(CNC(=O)OCCF)C(=O)NC(CC(C)C)C(O)CC(C)C(=O)NC(C(=O)NCC(C)C)C(C)C. The lowest BCUT2D eigenvalue weighted by molar-refractivity contribution is -0.133. The van der Waals surface area contributed by atoms with Crippen molar-refractivity contribution in [1.29, 1.82) is 0 Å². The first kappa shape index (κ1) is 44.3. The quantitative estimate of drug-likeness (QED) is 0.106. The molecule has 0 aliphatic rings. The Labute approximate surface area is 296 Å². The zero-order valence-corrected chi connectivity index (χ0v) is 31.6. The Hall–Kier alpha value is -3.75. The number of hydrogen-bond acceptors (Lipinski definition) is 8. The van der Waals surface area contributed by atoms with Gasteiger partial charge in [0, 0.05) is 18.2 Å². The Kier molecular flexibility index (Phi) is 19.6. The molecule has 0 radical (unpaired) electrons. The van der Waals surface area contributed by atoms with E-state index < -0.39 is 73.2 Å². The monoisotopic (exact) mass is 711 g/mol. The van der Waals surface area contributed by atoms with Crippen LogP contribution in [0.4, 0.5) is 9.18 Å². The molecule has 5 amide bonds. The maximum atomic E-state index is 13.7. The van der Waals surface area contributed by atoms with Crippen LogP contribution in [0.2, 0.25) is 0 Å². The third kappa shape index (κ3) is 15.9. The van der Waals surface area contributed by atoms with E-state index >= 15 is 0 Å². The molecule has 6 atom stereocenters. The van der Waals surface area contributed by atoms with E-state index in [4.69, 9.17) is 4.74 Å². The van der Waals surface area contributed by atoms with Gasteiger partial charge in [-0.25, -0.2) is 9.18 Å². The van der Waals surface area contributed by atoms with Crippen molar-refractivity contribution in [3.05, 3.63) is 17.5 Å². The van der Waals surface area contributed by atoms with Crippen molar-refractivity contribution in [3.63, 3.8) is 0 Å². The van der Waals surface area contributed by atoms with Crippen LogP contribution in [0.3, 0.4) is 0 Å². The van der Waals surface area contributed by atoms with E-state index in [9.17, 15) is 33.5 Å². The van der Waals surface area contributed by atoms with Crippen molar-refractivity contribution in [2.24, 2.45) is 29.6 Å². The fraction of sp³-hybridized carbons (Fsp3) is 0.771. The summed E-state index contributed by atoms with van der Waals surface area (Å²) in [6.07, 6.45) is -1.36. The lowest BCUT2D eigenvalue weighted by Gasteiger charge is -2.30. The topological polar surface area (TPSA) is 193 Å². The lowest BCUT2D eigenvalue weighted by Crippen LogP contribution is -2.57. The average Bonchev–Trinajstić information content (AvgIpc) is 3.36. The number of aliphatic hydroxyl groups excluding tert-OH is 1. The fourth-order valence-corrected chi connectivity index (χ4v) is 5.31. The average molecular weight is 712 g/mol. The van der Waals surface area contributed by atoms with Gasteiger partial charge in [0.2, 0.25) is 23.6 Å². The van der Waals surface area contributed by atoms with Gasteiger partial charge < -0.3 is 36.4 Å². The van der Waals surface area contributed by atoms with Gasteiger partial charge in [-0.3, -0.25) is 23.9 Å². The number of amides is 5. The molecule has 1 rings (SSSR count). The molecule has 0 bridgehead atoms. The third-order valence-corrected chi connectivity index (χ3v) is 8.25. The van der Waals surface area contributed by atoms with Crippen LogP contribution in [-0.2, 0) is 30.5 Å². The number of nitrogens with zero attached hydrogens (tertiary/aromatic N) is 2. The molecule has 1 aromatic heterocycles. The minimum atomic E-state index is -1.27. The van der Waals surface area contributed by atoms with Crippen LogP contribution in [0.5, 0.6) is 0 Å². The summed E-state index contributed by atoms with van der Waals surface area (Å²) in [7, 11) is 0. The second kappa shape index (κ2) is 22.1. The van der Waals surface area contributed by atoms with Crippen molar-refractivity contribution in [3.8, 4) is 0 Å². The second-order valence-corrected chi connectivity index (χ2v) is 14.3. The van der Waals surface area contributed by atoms with Crippen molar-refractivity contribution < 1.29 is 38.2 Å². The number of hydrogen-bond donors (Lipinski definition) is 6. The Bertz CT molecular complexity index is 1240. The molecule has 0 saturated heterocycles. The largest absolute Gasteiger partial charge is 0.447 e. The first-order chi connectivity index (χ1) is 23.4. The number of aliphatic hydroxyl groups is 1. The van der Waals surface area contributed by atoms with E-state index in [1.165, 1.54) is 0 Å². The molecule has 6 unspecified atom stereocenters. The molecule has 1 aromatic rings. The minimum absolute atomic E-state index is 0.0205. The third-order valence-electron chi connectivity index (χ3n) is 8.25. The summed E-state index contributed by atoms with van der Waals surface area (Å²) in [5.41, 5.74) is 1.68. The molecule has 286 valence electrons. The summed E-state index contributed by atoms with van der Waals surface area (Å²) < 4.78 is 19.0. The zero-order chi connectivity index (χ0) is 38.1. The number of carbonyl (C=O) groups is 5. The molecule has 0 aromatic carbocycles. The molecule has 0 aliphatic heterocycles. The van der Waals surface area contributed by atoms with E-state index in [1.807, 2.05) is 68.4 Å². The molecule has 0 saturated carbocycles. The first-order valence-electron chi connectivity index (χ1n) is 17.7. The van der Waals surface area contributed by atoms with Crippen LogP contribution in [0.1, 0.15) is 86.0 Å². The van der Waals surface area contributed by atoms with E-state index in [1.54, 1.807) is 11.6 Å². The van der Waals surface area contributed by atoms with E-state index in [0.29, 0.717) is 19.4 Å². The Balaban J connectivity index is 3.12. The molecule has 0 spiro atoms. The maximum absolute atomic E-state index is 13.7. The van der Waals surface area contributed by atoms with Crippen LogP contribution in [-0.4, -0.2) is 95.2 Å². The van der Waals surface area contributed by atoms with Gasteiger partial charge in [-0.15, -0.1) is 0 Å². The van der Waals surface area contributed by atoms with Crippen molar-refractivity contribution in [2.45, 2.75) is 119 Å². The van der Waals surface area contributed by atoms with E-state index in [2.05, 4.69) is 31.7 Å². The Morgan fingerprint density at radius 3 is 2.04 bits per heavy atom. The van der Waals surface area contributed by atoms with Crippen molar-refractivity contribution in [1.82, 2.24) is 36.4 Å². The lowest BCUT2D eigenvalue weighted by atomic mass is 9.91. The van der Waals surface area contributed by atoms with Gasteiger partial charge in [-0.2, -0.15) is 5.10 Å². The summed E-state index contributed by atoms with van der Waals surface area (Å²) in [5.74, 6) is -2.98. The van der Waals surface area contributed by atoms with E-state index in [-0.39, 0.29) is 43.2 Å². The maximum Gasteiger partial charge on any atom is 0.407 e. The second-order valence-electron chi connectivity index (χ2n) is 14.3. The number of rotatable bonds is 22. The zero-order valence-electron chi connectivity index (χ0n) is 31.6. The Morgan fingerprint density at radius 1 is 0.860 bits per heavy atom. The summed E-state index contributed by atoms with van der Waals surface area (Å²) >= 11 is 0. The fourth-order valence-electron chi connectivity index (χ4n) is 5.31. The molecular formula is C35H62FN7O7. The molecular weight excluding hydrogens is 649 g/mol. The highest BCUT2D eigenvalue weighted by atomic mass is 19.1. The predicted molar refractivity (Wildman–Crippen MR) is 189 cm³/mol. The summed E-state index contributed by atoms with van der Waals surface area (Å²) in [6, 6.07) is -0.948. The smallest absolute Gasteiger partial charge is 0.407 e. The number of carbonyl (C=O) groups excluding carboxylic acids is 5. The van der Waals surface area contributed by atoms with Gasteiger partial charge in [-0.1, -0.05) is 55.4 Å². The van der Waals surface area contributed by atoms with Crippen LogP contribution in [0, 0.1) is 43.4 Å². The summed E-state index contributed by atoms with van der Waals surface area (Å²) in [4.78, 5) is 65.2. The van der Waals surface area contributed by atoms with Gasteiger partial charge in [-0.05, 0) is 56.9 Å². The molecule has 6 N–H and O–H groups in total. The van der Waals surface area contributed by atoms with E-state index in [0.717, 1.165) is 11.4 Å².